The Labute approximate surface area is 172 Å². The molecule has 0 aliphatic heterocycles. The quantitative estimate of drug-likeness (QED) is 0.354. The molecule has 156 valence electrons. The van der Waals surface area contributed by atoms with Gasteiger partial charge in [-0.2, -0.15) is 0 Å². The van der Waals surface area contributed by atoms with Crippen molar-refractivity contribution in [3.8, 4) is 11.6 Å². The molecule has 0 aliphatic carbocycles. The van der Waals surface area contributed by atoms with Crippen molar-refractivity contribution in [3.63, 3.8) is 0 Å². The zero-order valence-electron chi connectivity index (χ0n) is 17.3. The van der Waals surface area contributed by atoms with Crippen LogP contribution in [0.3, 0.4) is 0 Å². The fraction of sp³-hybridized carbons (Fsp3) is 0.474. The number of hydrogen-bond acceptors (Lipinski definition) is 8. The zero-order chi connectivity index (χ0) is 21.3. The van der Waals surface area contributed by atoms with E-state index in [1.807, 2.05) is 20.1 Å². The van der Waals surface area contributed by atoms with Gasteiger partial charge >= 0.3 is 0 Å². The Morgan fingerprint density at radius 1 is 1.28 bits per heavy atom. The molecular weight excluding hydrogens is 394 g/mol. The van der Waals surface area contributed by atoms with Crippen LogP contribution in [-0.2, 0) is 10.3 Å². The Balaban J connectivity index is 2.36. The maximum Gasteiger partial charge on any atom is 0.278 e. The number of pyridine rings is 1. The summed E-state index contributed by atoms with van der Waals surface area (Å²) < 4.78 is 13.8. The van der Waals surface area contributed by atoms with Gasteiger partial charge in [0.25, 0.3) is 5.56 Å². The van der Waals surface area contributed by atoms with Crippen LogP contribution in [0.2, 0.25) is 0 Å². The van der Waals surface area contributed by atoms with Crippen LogP contribution in [0.4, 0.5) is 0 Å². The summed E-state index contributed by atoms with van der Waals surface area (Å²) in [5.74, 6) is 0.861. The summed E-state index contributed by atoms with van der Waals surface area (Å²) in [4.78, 5) is 26.4. The highest BCUT2D eigenvalue weighted by Crippen LogP contribution is 2.27. The predicted octanol–water partition coefficient (Wildman–Crippen LogP) is 2.49. The van der Waals surface area contributed by atoms with Crippen molar-refractivity contribution >= 4 is 22.8 Å². The first kappa shape index (κ1) is 21.3. The molecular formula is C19H25N5O4S. The monoisotopic (exact) mass is 419 g/mol. The molecule has 3 aromatic rings. The lowest BCUT2D eigenvalue weighted by molar-refractivity contribution is 0.0491. The fourth-order valence-electron chi connectivity index (χ4n) is 2.89. The molecule has 0 spiro atoms. The van der Waals surface area contributed by atoms with E-state index in [2.05, 4.69) is 15.0 Å². The number of aromatic nitrogens is 5. The maximum absolute atomic E-state index is 13.0. The van der Waals surface area contributed by atoms with Crippen LogP contribution < -0.4 is 10.3 Å². The number of ether oxygens (including phenoxy) is 2. The molecule has 10 heteroatoms. The number of rotatable bonds is 7. The highest BCUT2D eigenvalue weighted by Gasteiger charge is 2.24. The van der Waals surface area contributed by atoms with Gasteiger partial charge in [0.05, 0.1) is 5.69 Å². The van der Waals surface area contributed by atoms with Crippen LogP contribution in [0.15, 0.2) is 28.3 Å². The third kappa shape index (κ3) is 4.14. The van der Waals surface area contributed by atoms with E-state index in [1.54, 1.807) is 35.3 Å². The van der Waals surface area contributed by atoms with Gasteiger partial charge in [-0.1, -0.05) is 11.8 Å². The number of aliphatic hydroxyl groups is 1. The second-order valence-corrected chi connectivity index (χ2v) is 8.08. The smallest absolute Gasteiger partial charge is 0.278 e. The van der Waals surface area contributed by atoms with Crippen molar-refractivity contribution in [2.45, 2.75) is 44.5 Å². The zero-order valence-corrected chi connectivity index (χ0v) is 18.1. The summed E-state index contributed by atoms with van der Waals surface area (Å²) in [6, 6.07) is 3.17. The lowest BCUT2D eigenvalue weighted by Crippen LogP contribution is -2.26. The molecule has 0 unspecified atom stereocenters. The van der Waals surface area contributed by atoms with E-state index in [1.165, 1.54) is 25.1 Å². The standard InChI is InChI=1S/C19H25N5O4S/c1-11(2)23-17(25)13-9-20-18(29-6)22-16(13)24(23)15-8-12(28-10-27-5)7-14(21-15)19(3,4)26/h7-9,11,26H,10H2,1-6H3. The second kappa shape index (κ2) is 8.13. The van der Waals surface area contributed by atoms with Gasteiger partial charge in [0.2, 0.25) is 0 Å². The van der Waals surface area contributed by atoms with Crippen LogP contribution in [-0.4, -0.2) is 49.6 Å². The minimum absolute atomic E-state index is 0.0386. The third-order valence-corrected chi connectivity index (χ3v) is 4.81. The minimum Gasteiger partial charge on any atom is -0.467 e. The Morgan fingerprint density at radius 3 is 2.59 bits per heavy atom. The topological polar surface area (TPSA) is 104 Å². The highest BCUT2D eigenvalue weighted by atomic mass is 32.2. The predicted molar refractivity (Wildman–Crippen MR) is 111 cm³/mol. The van der Waals surface area contributed by atoms with Gasteiger partial charge < -0.3 is 14.6 Å². The summed E-state index contributed by atoms with van der Waals surface area (Å²) >= 11 is 1.38. The number of thioether (sulfide) groups is 1. The summed E-state index contributed by atoms with van der Waals surface area (Å²) in [5.41, 5.74) is -0.588. The largest absolute Gasteiger partial charge is 0.467 e. The second-order valence-electron chi connectivity index (χ2n) is 7.31. The molecule has 0 amide bonds. The van der Waals surface area contributed by atoms with E-state index in [0.29, 0.717) is 33.5 Å². The molecule has 0 aliphatic rings. The van der Waals surface area contributed by atoms with E-state index < -0.39 is 5.60 Å². The van der Waals surface area contributed by atoms with Crippen molar-refractivity contribution in [1.29, 1.82) is 0 Å². The molecule has 0 bridgehead atoms. The molecule has 0 saturated carbocycles. The summed E-state index contributed by atoms with van der Waals surface area (Å²) in [5, 5.41) is 11.5. The number of hydrogen-bond donors (Lipinski definition) is 1. The maximum atomic E-state index is 13.0. The van der Waals surface area contributed by atoms with Gasteiger partial charge in [-0.05, 0) is 34.0 Å². The van der Waals surface area contributed by atoms with Crippen LogP contribution in [0.1, 0.15) is 39.4 Å². The van der Waals surface area contributed by atoms with E-state index in [4.69, 9.17) is 9.47 Å². The molecule has 1 N–H and O–H groups in total. The molecule has 0 atom stereocenters. The van der Waals surface area contributed by atoms with E-state index >= 15 is 0 Å². The van der Waals surface area contributed by atoms with Crippen molar-refractivity contribution in [1.82, 2.24) is 24.3 Å². The average Bonchev–Trinajstić information content (AvgIpc) is 2.97. The Kier molecular flexibility index (Phi) is 5.97. The van der Waals surface area contributed by atoms with Gasteiger partial charge in [-0.15, -0.1) is 0 Å². The number of nitrogens with zero attached hydrogens (tertiary/aromatic N) is 5. The minimum atomic E-state index is -1.22. The Morgan fingerprint density at radius 2 is 2.00 bits per heavy atom. The number of fused-ring (bicyclic) bond motifs is 1. The molecule has 0 saturated heterocycles. The summed E-state index contributed by atoms with van der Waals surface area (Å²) in [7, 11) is 1.52. The van der Waals surface area contributed by atoms with Gasteiger partial charge in [0.15, 0.2) is 23.4 Å². The van der Waals surface area contributed by atoms with Crippen LogP contribution in [0, 0.1) is 0 Å². The molecule has 0 radical (unpaired) electrons. The first-order valence-corrected chi connectivity index (χ1v) is 10.3. The van der Waals surface area contributed by atoms with Gasteiger partial charge in [-0.3, -0.25) is 4.79 Å². The summed E-state index contributed by atoms with van der Waals surface area (Å²) in [6.45, 7) is 7.12. The Hall–Kier alpha value is -2.43. The van der Waals surface area contributed by atoms with Crippen LogP contribution in [0.25, 0.3) is 16.9 Å². The first-order chi connectivity index (χ1) is 13.7. The van der Waals surface area contributed by atoms with Gasteiger partial charge in [-0.25, -0.2) is 24.3 Å². The normalized spacial score (nSPS) is 12.1. The first-order valence-electron chi connectivity index (χ1n) is 9.08. The van der Waals surface area contributed by atoms with Crippen molar-refractivity contribution in [2.24, 2.45) is 0 Å². The molecule has 0 fully saturated rings. The van der Waals surface area contributed by atoms with E-state index in [-0.39, 0.29) is 18.4 Å². The molecule has 0 aromatic carbocycles. The molecule has 29 heavy (non-hydrogen) atoms. The average molecular weight is 420 g/mol. The van der Waals surface area contributed by atoms with Crippen LogP contribution >= 0.6 is 11.8 Å². The van der Waals surface area contributed by atoms with Crippen LogP contribution in [0.5, 0.6) is 5.75 Å². The highest BCUT2D eigenvalue weighted by molar-refractivity contribution is 7.98. The molecule has 9 nitrogen and oxygen atoms in total. The third-order valence-electron chi connectivity index (χ3n) is 4.25. The Bertz CT molecular complexity index is 1080. The van der Waals surface area contributed by atoms with Gasteiger partial charge in [0, 0.05) is 31.5 Å². The number of methoxy groups -OCH3 is 1. The SMILES string of the molecule is COCOc1cc(-n2c3nc(SC)ncc3c(=O)n2C(C)C)nc(C(C)(C)O)c1. The molecule has 3 rings (SSSR count). The van der Waals surface area contributed by atoms with Crippen molar-refractivity contribution in [3.05, 3.63) is 34.4 Å². The van der Waals surface area contributed by atoms with Gasteiger partial charge in [0.1, 0.15) is 16.7 Å². The lowest BCUT2D eigenvalue weighted by Gasteiger charge is -2.21. The van der Waals surface area contributed by atoms with Crippen molar-refractivity contribution in [2.75, 3.05) is 20.2 Å². The lowest BCUT2D eigenvalue weighted by atomic mass is 10.0. The molecule has 3 heterocycles. The van der Waals surface area contributed by atoms with E-state index in [9.17, 15) is 9.90 Å². The molecule has 3 aromatic heterocycles. The summed E-state index contributed by atoms with van der Waals surface area (Å²) in [6.07, 6.45) is 3.40. The fourth-order valence-corrected chi connectivity index (χ4v) is 3.23. The van der Waals surface area contributed by atoms with Crippen molar-refractivity contribution < 1.29 is 14.6 Å². The van der Waals surface area contributed by atoms with E-state index in [0.717, 1.165) is 0 Å².